The highest BCUT2D eigenvalue weighted by Crippen LogP contribution is 2.21. The number of rotatable bonds is 0. The molecule has 0 aromatic carbocycles. The van der Waals surface area contributed by atoms with Gasteiger partial charge in [-0.15, -0.1) is 0 Å². The lowest BCUT2D eigenvalue weighted by molar-refractivity contribution is -0.0547. The van der Waals surface area contributed by atoms with Crippen LogP contribution in [0.25, 0.3) is 0 Å². The van der Waals surface area contributed by atoms with Crippen molar-refractivity contribution < 1.29 is 5.11 Å². The minimum Gasteiger partial charge on any atom is -0.386 e. The van der Waals surface area contributed by atoms with E-state index in [1.54, 1.807) is 0 Å². The molecule has 0 radical (unpaired) electrons. The van der Waals surface area contributed by atoms with Gasteiger partial charge in [-0.1, -0.05) is 0 Å². The average Bonchev–Trinajstić information content (AvgIpc) is 2.01. The van der Waals surface area contributed by atoms with Gasteiger partial charge in [-0.3, -0.25) is 4.99 Å². The molecule has 1 fully saturated rings. The first kappa shape index (κ1) is 8.81. The molecular weight excluding hydrogens is 166 g/mol. The van der Waals surface area contributed by atoms with Gasteiger partial charge in [0.05, 0.1) is 18.7 Å². The van der Waals surface area contributed by atoms with E-state index in [-0.39, 0.29) is 0 Å². The summed E-state index contributed by atoms with van der Waals surface area (Å²) in [6, 6.07) is 0. The lowest BCUT2D eigenvalue weighted by Crippen LogP contribution is -2.64. The Labute approximate surface area is 78.9 Å². The topological polar surface area (TPSA) is 39.1 Å². The quantitative estimate of drug-likeness (QED) is 0.562. The summed E-state index contributed by atoms with van der Waals surface area (Å²) >= 11 is 0. The molecule has 0 spiro atoms. The minimum absolute atomic E-state index is 0.499. The van der Waals surface area contributed by atoms with Crippen molar-refractivity contribution in [1.29, 1.82) is 0 Å². The summed E-state index contributed by atoms with van der Waals surface area (Å²) in [7, 11) is 2.06. The SMILES string of the molecule is CN1CCCN=C1N1CC(C)(O)C1. The Kier molecular flexibility index (Phi) is 1.95. The predicted octanol–water partition coefficient (Wildman–Crippen LogP) is -0.256. The fourth-order valence-electron chi connectivity index (χ4n) is 1.97. The van der Waals surface area contributed by atoms with Gasteiger partial charge in [0.2, 0.25) is 0 Å². The lowest BCUT2D eigenvalue weighted by Gasteiger charge is -2.48. The molecule has 2 rings (SSSR count). The number of hydrogen-bond acceptors (Lipinski definition) is 4. The fraction of sp³-hybridized carbons (Fsp3) is 0.889. The van der Waals surface area contributed by atoms with Crippen LogP contribution in [0.15, 0.2) is 4.99 Å². The summed E-state index contributed by atoms with van der Waals surface area (Å²) in [5.74, 6) is 1.05. The monoisotopic (exact) mass is 183 g/mol. The summed E-state index contributed by atoms with van der Waals surface area (Å²) in [6.07, 6.45) is 1.14. The number of aliphatic imine (C=N–C) groups is 1. The van der Waals surface area contributed by atoms with Crippen LogP contribution in [0.5, 0.6) is 0 Å². The Morgan fingerprint density at radius 2 is 2.15 bits per heavy atom. The molecule has 0 amide bonds. The minimum atomic E-state index is -0.499. The second-order valence-corrected chi connectivity index (χ2v) is 4.31. The Morgan fingerprint density at radius 3 is 2.69 bits per heavy atom. The zero-order valence-electron chi connectivity index (χ0n) is 8.32. The van der Waals surface area contributed by atoms with Gasteiger partial charge in [0, 0.05) is 20.1 Å². The van der Waals surface area contributed by atoms with Crippen LogP contribution in [0.1, 0.15) is 13.3 Å². The van der Waals surface area contributed by atoms with Gasteiger partial charge in [-0.05, 0) is 13.3 Å². The van der Waals surface area contributed by atoms with E-state index in [4.69, 9.17) is 0 Å². The van der Waals surface area contributed by atoms with E-state index >= 15 is 0 Å². The average molecular weight is 183 g/mol. The van der Waals surface area contributed by atoms with Gasteiger partial charge >= 0.3 is 0 Å². The molecule has 0 saturated carbocycles. The highest BCUT2D eigenvalue weighted by atomic mass is 16.3. The molecule has 0 atom stereocenters. The van der Waals surface area contributed by atoms with Crippen LogP contribution < -0.4 is 0 Å². The standard InChI is InChI=1S/C9H17N3O/c1-9(13)6-12(7-9)8-10-4-3-5-11(8)2/h13H,3-7H2,1-2H3. The van der Waals surface area contributed by atoms with Gasteiger partial charge in [-0.2, -0.15) is 0 Å². The van der Waals surface area contributed by atoms with Crippen LogP contribution in [0.4, 0.5) is 0 Å². The Hall–Kier alpha value is -0.770. The second kappa shape index (κ2) is 2.87. The van der Waals surface area contributed by atoms with Crippen molar-refractivity contribution in [3.8, 4) is 0 Å². The van der Waals surface area contributed by atoms with E-state index in [0.717, 1.165) is 38.6 Å². The predicted molar refractivity (Wildman–Crippen MR) is 51.7 cm³/mol. The number of guanidine groups is 1. The van der Waals surface area contributed by atoms with Crippen molar-refractivity contribution >= 4 is 5.96 Å². The molecule has 2 aliphatic rings. The van der Waals surface area contributed by atoms with E-state index in [1.807, 2.05) is 6.92 Å². The Balaban J connectivity index is 1.98. The first-order chi connectivity index (χ1) is 6.08. The molecule has 2 aliphatic heterocycles. The molecular formula is C9H17N3O. The van der Waals surface area contributed by atoms with Crippen LogP contribution in [0, 0.1) is 0 Å². The van der Waals surface area contributed by atoms with E-state index < -0.39 is 5.60 Å². The van der Waals surface area contributed by atoms with Crippen molar-refractivity contribution in [2.24, 2.45) is 4.99 Å². The van der Waals surface area contributed by atoms with Crippen molar-refractivity contribution in [2.75, 3.05) is 33.2 Å². The first-order valence-corrected chi connectivity index (χ1v) is 4.81. The van der Waals surface area contributed by atoms with Crippen molar-refractivity contribution in [3.05, 3.63) is 0 Å². The Bertz CT molecular complexity index is 229. The number of hydrogen-bond donors (Lipinski definition) is 1. The zero-order chi connectivity index (χ0) is 9.47. The largest absolute Gasteiger partial charge is 0.386 e. The zero-order valence-corrected chi connectivity index (χ0v) is 8.32. The molecule has 0 aliphatic carbocycles. The van der Waals surface area contributed by atoms with Crippen molar-refractivity contribution in [1.82, 2.24) is 9.80 Å². The molecule has 0 aromatic rings. The molecule has 4 nitrogen and oxygen atoms in total. The maximum atomic E-state index is 9.59. The normalized spacial score (nSPS) is 26.8. The highest BCUT2D eigenvalue weighted by Gasteiger charge is 2.39. The third kappa shape index (κ3) is 1.63. The highest BCUT2D eigenvalue weighted by molar-refractivity contribution is 5.81. The van der Waals surface area contributed by atoms with Gasteiger partial charge in [0.15, 0.2) is 5.96 Å². The van der Waals surface area contributed by atoms with Crippen molar-refractivity contribution in [2.45, 2.75) is 18.9 Å². The van der Waals surface area contributed by atoms with Crippen LogP contribution in [-0.4, -0.2) is 59.7 Å². The van der Waals surface area contributed by atoms with Crippen LogP contribution >= 0.6 is 0 Å². The molecule has 0 unspecified atom stereocenters. The van der Waals surface area contributed by atoms with Crippen LogP contribution in [0.3, 0.4) is 0 Å². The summed E-state index contributed by atoms with van der Waals surface area (Å²) in [5.41, 5.74) is -0.499. The van der Waals surface area contributed by atoms with E-state index in [9.17, 15) is 5.11 Å². The third-order valence-corrected chi connectivity index (χ3v) is 2.59. The first-order valence-electron chi connectivity index (χ1n) is 4.81. The third-order valence-electron chi connectivity index (χ3n) is 2.59. The summed E-state index contributed by atoms with van der Waals surface area (Å²) < 4.78 is 0. The van der Waals surface area contributed by atoms with Gasteiger partial charge in [0.1, 0.15) is 0 Å². The molecule has 2 heterocycles. The number of likely N-dealkylation sites (tertiary alicyclic amines) is 1. The van der Waals surface area contributed by atoms with Crippen LogP contribution in [0.2, 0.25) is 0 Å². The molecule has 0 aromatic heterocycles. The van der Waals surface area contributed by atoms with E-state index in [0.29, 0.717) is 0 Å². The molecule has 0 bridgehead atoms. The van der Waals surface area contributed by atoms with Gasteiger partial charge < -0.3 is 14.9 Å². The molecule has 4 heteroatoms. The maximum absolute atomic E-state index is 9.59. The summed E-state index contributed by atoms with van der Waals surface area (Å²) in [5, 5.41) is 9.59. The summed E-state index contributed by atoms with van der Waals surface area (Å²) in [6.45, 7) is 5.31. The summed E-state index contributed by atoms with van der Waals surface area (Å²) in [4.78, 5) is 8.76. The van der Waals surface area contributed by atoms with Gasteiger partial charge in [0.25, 0.3) is 0 Å². The van der Waals surface area contributed by atoms with Gasteiger partial charge in [-0.25, -0.2) is 0 Å². The maximum Gasteiger partial charge on any atom is 0.196 e. The Morgan fingerprint density at radius 1 is 1.46 bits per heavy atom. The molecule has 1 N–H and O–H groups in total. The number of β-amino-alcohol motifs (C(OH)–C–C–N with tert-alkyl or cyclic N) is 1. The second-order valence-electron chi connectivity index (χ2n) is 4.31. The van der Waals surface area contributed by atoms with E-state index in [1.165, 1.54) is 0 Å². The van der Waals surface area contributed by atoms with E-state index in [2.05, 4.69) is 21.8 Å². The molecule has 74 valence electrons. The molecule has 13 heavy (non-hydrogen) atoms. The van der Waals surface area contributed by atoms with Crippen molar-refractivity contribution in [3.63, 3.8) is 0 Å². The van der Waals surface area contributed by atoms with Crippen LogP contribution in [-0.2, 0) is 0 Å². The molecule has 1 saturated heterocycles. The smallest absolute Gasteiger partial charge is 0.196 e. The fourth-order valence-corrected chi connectivity index (χ4v) is 1.97. The lowest BCUT2D eigenvalue weighted by atomic mass is 9.97. The number of aliphatic hydroxyl groups is 1. The number of nitrogens with zero attached hydrogens (tertiary/aromatic N) is 3.